The van der Waals surface area contributed by atoms with Gasteiger partial charge in [0.25, 0.3) is 11.6 Å². The van der Waals surface area contributed by atoms with Crippen molar-refractivity contribution in [1.82, 2.24) is 4.90 Å². The van der Waals surface area contributed by atoms with Crippen molar-refractivity contribution in [3.63, 3.8) is 0 Å². The summed E-state index contributed by atoms with van der Waals surface area (Å²) >= 11 is 1.33. The molecule has 1 unspecified atom stereocenters. The molecule has 1 saturated heterocycles. The van der Waals surface area contributed by atoms with E-state index in [0.29, 0.717) is 17.0 Å². The predicted molar refractivity (Wildman–Crippen MR) is 113 cm³/mol. The number of sulfone groups is 1. The molecule has 1 fully saturated rings. The Morgan fingerprint density at radius 1 is 1.26 bits per heavy atom. The van der Waals surface area contributed by atoms with Gasteiger partial charge in [-0.1, -0.05) is 0 Å². The van der Waals surface area contributed by atoms with Crippen molar-refractivity contribution < 1.29 is 22.9 Å². The van der Waals surface area contributed by atoms with Gasteiger partial charge in [-0.25, -0.2) is 8.42 Å². The molecule has 160 valence electrons. The molecule has 0 aromatic heterocycles. The normalized spacial score (nSPS) is 15.9. The monoisotopic (exact) mass is 460 g/mol. The van der Waals surface area contributed by atoms with Crippen LogP contribution in [-0.4, -0.2) is 54.0 Å². The average molecular weight is 460 g/mol. The second-order valence-electron chi connectivity index (χ2n) is 6.71. The van der Waals surface area contributed by atoms with Gasteiger partial charge in [0.15, 0.2) is 9.84 Å². The van der Waals surface area contributed by atoms with Crippen LogP contribution in [0, 0.1) is 21.4 Å². The first-order chi connectivity index (χ1) is 14.6. The lowest BCUT2D eigenvalue weighted by Crippen LogP contribution is -2.44. The molecule has 1 atom stereocenters. The molecular formula is C19H16N4O6S2. The molecular weight excluding hydrogens is 444 g/mol. The SMILES string of the molecule is CS(=O)(=O)c1cc(C(=O)N2CSCC2C(=O)Nc2ccc(C#N)cc2)cc([N+](=O)[O-])c1. The van der Waals surface area contributed by atoms with E-state index in [1.54, 1.807) is 12.1 Å². The number of hydrogen-bond acceptors (Lipinski definition) is 8. The topological polar surface area (TPSA) is 150 Å². The van der Waals surface area contributed by atoms with Gasteiger partial charge in [0.1, 0.15) is 6.04 Å². The molecule has 1 aliphatic rings. The summed E-state index contributed by atoms with van der Waals surface area (Å²) in [5, 5.41) is 22.7. The third-order valence-corrected chi connectivity index (χ3v) is 6.61. The van der Waals surface area contributed by atoms with Crippen molar-refractivity contribution in [2.24, 2.45) is 0 Å². The number of anilines is 1. The van der Waals surface area contributed by atoms with Crippen LogP contribution in [0.5, 0.6) is 0 Å². The Morgan fingerprint density at radius 2 is 1.94 bits per heavy atom. The highest BCUT2D eigenvalue weighted by molar-refractivity contribution is 7.99. The molecule has 0 bridgehead atoms. The number of nitro benzene ring substituents is 1. The lowest BCUT2D eigenvalue weighted by molar-refractivity contribution is -0.385. The summed E-state index contributed by atoms with van der Waals surface area (Å²) in [6.45, 7) is 0. The fraction of sp³-hybridized carbons (Fsp3) is 0.211. The molecule has 0 aliphatic carbocycles. The number of thioether (sulfide) groups is 1. The number of amides is 2. The summed E-state index contributed by atoms with van der Waals surface area (Å²) in [4.78, 5) is 37.1. The maximum atomic E-state index is 13.0. The minimum Gasteiger partial charge on any atom is -0.324 e. The maximum absolute atomic E-state index is 13.0. The van der Waals surface area contributed by atoms with E-state index in [4.69, 9.17) is 5.26 Å². The van der Waals surface area contributed by atoms with E-state index in [1.807, 2.05) is 6.07 Å². The number of non-ortho nitro benzene ring substituents is 1. The number of nitrogens with zero attached hydrogens (tertiary/aromatic N) is 3. The average Bonchev–Trinajstić information content (AvgIpc) is 3.22. The molecule has 2 amide bonds. The Balaban J connectivity index is 1.86. The summed E-state index contributed by atoms with van der Waals surface area (Å²) < 4.78 is 23.8. The molecule has 2 aromatic rings. The summed E-state index contributed by atoms with van der Waals surface area (Å²) in [6, 6.07) is 10.3. The van der Waals surface area contributed by atoms with E-state index in [9.17, 15) is 28.1 Å². The van der Waals surface area contributed by atoms with Crippen LogP contribution in [-0.2, 0) is 14.6 Å². The number of carbonyl (C=O) groups is 2. The number of carbonyl (C=O) groups excluding carboxylic acids is 2. The smallest absolute Gasteiger partial charge is 0.271 e. The molecule has 0 saturated carbocycles. The number of nitro groups is 1. The summed E-state index contributed by atoms with van der Waals surface area (Å²) in [5.41, 5.74) is 0.159. The fourth-order valence-electron chi connectivity index (χ4n) is 2.91. The van der Waals surface area contributed by atoms with E-state index in [1.165, 1.54) is 28.8 Å². The van der Waals surface area contributed by atoms with Gasteiger partial charge in [-0.3, -0.25) is 19.7 Å². The van der Waals surface area contributed by atoms with E-state index in [0.717, 1.165) is 24.5 Å². The van der Waals surface area contributed by atoms with Crippen molar-refractivity contribution >= 4 is 44.8 Å². The Bertz CT molecular complexity index is 1200. The largest absolute Gasteiger partial charge is 0.324 e. The lowest BCUT2D eigenvalue weighted by Gasteiger charge is -2.23. The molecule has 10 nitrogen and oxygen atoms in total. The molecule has 12 heteroatoms. The van der Waals surface area contributed by atoms with Crippen LogP contribution >= 0.6 is 11.8 Å². The first-order valence-corrected chi connectivity index (χ1v) is 11.8. The number of benzene rings is 2. The first-order valence-electron chi connectivity index (χ1n) is 8.79. The number of nitrogens with one attached hydrogen (secondary N) is 1. The van der Waals surface area contributed by atoms with Crippen LogP contribution in [0.3, 0.4) is 0 Å². The van der Waals surface area contributed by atoms with Gasteiger partial charge < -0.3 is 10.2 Å². The van der Waals surface area contributed by atoms with Gasteiger partial charge in [0.05, 0.1) is 27.3 Å². The minimum absolute atomic E-state index is 0.168. The number of nitriles is 1. The lowest BCUT2D eigenvalue weighted by atomic mass is 10.1. The van der Waals surface area contributed by atoms with Gasteiger partial charge >= 0.3 is 0 Å². The summed E-state index contributed by atoms with van der Waals surface area (Å²) in [5.74, 6) is -0.668. The van der Waals surface area contributed by atoms with Crippen LogP contribution in [0.25, 0.3) is 0 Å². The number of rotatable bonds is 5. The zero-order chi connectivity index (χ0) is 22.8. The third kappa shape index (κ3) is 5.01. The van der Waals surface area contributed by atoms with Crippen molar-refractivity contribution in [3.05, 3.63) is 63.7 Å². The van der Waals surface area contributed by atoms with E-state index >= 15 is 0 Å². The van der Waals surface area contributed by atoms with Crippen LogP contribution in [0.4, 0.5) is 11.4 Å². The van der Waals surface area contributed by atoms with Crippen LogP contribution in [0.15, 0.2) is 47.4 Å². The molecule has 2 aromatic carbocycles. The molecule has 31 heavy (non-hydrogen) atoms. The van der Waals surface area contributed by atoms with Gasteiger partial charge in [-0.2, -0.15) is 5.26 Å². The standard InChI is InChI=1S/C19H16N4O6S2/c1-31(28,29)16-7-13(6-15(8-16)23(26)27)19(25)22-11-30-10-17(22)18(24)21-14-4-2-12(9-20)3-5-14/h2-8,17H,10-11H2,1H3,(H,21,24). The Hall–Kier alpha value is -3.43. The van der Waals surface area contributed by atoms with Crippen LogP contribution in [0.1, 0.15) is 15.9 Å². The molecule has 0 radical (unpaired) electrons. The molecule has 1 heterocycles. The molecule has 3 rings (SSSR count). The Morgan fingerprint density at radius 3 is 2.52 bits per heavy atom. The van der Waals surface area contributed by atoms with Crippen molar-refractivity contribution in [3.8, 4) is 6.07 Å². The summed E-state index contributed by atoms with van der Waals surface area (Å²) in [7, 11) is -3.80. The van der Waals surface area contributed by atoms with E-state index in [-0.39, 0.29) is 16.3 Å². The number of hydrogen-bond donors (Lipinski definition) is 1. The Labute approximate surface area is 181 Å². The van der Waals surface area contributed by atoms with E-state index in [2.05, 4.69) is 5.32 Å². The second-order valence-corrected chi connectivity index (χ2v) is 9.73. The highest BCUT2D eigenvalue weighted by Crippen LogP contribution is 2.27. The van der Waals surface area contributed by atoms with Gasteiger partial charge in [0.2, 0.25) is 5.91 Å². The zero-order valence-electron chi connectivity index (χ0n) is 16.1. The van der Waals surface area contributed by atoms with Crippen molar-refractivity contribution in [2.75, 3.05) is 23.2 Å². The maximum Gasteiger partial charge on any atom is 0.271 e. The zero-order valence-corrected chi connectivity index (χ0v) is 17.8. The van der Waals surface area contributed by atoms with Crippen molar-refractivity contribution in [1.29, 1.82) is 5.26 Å². The fourth-order valence-corrected chi connectivity index (χ4v) is 4.74. The second kappa shape index (κ2) is 8.75. The first kappa shape index (κ1) is 22.3. The Kier molecular flexibility index (Phi) is 6.28. The quantitative estimate of drug-likeness (QED) is 0.526. The van der Waals surface area contributed by atoms with Crippen molar-refractivity contribution in [2.45, 2.75) is 10.9 Å². The highest BCUT2D eigenvalue weighted by Gasteiger charge is 2.36. The minimum atomic E-state index is -3.80. The van der Waals surface area contributed by atoms with Crippen LogP contribution < -0.4 is 5.32 Å². The molecule has 1 aliphatic heterocycles. The van der Waals surface area contributed by atoms with Gasteiger partial charge in [-0.15, -0.1) is 11.8 Å². The molecule has 0 spiro atoms. The summed E-state index contributed by atoms with van der Waals surface area (Å²) in [6.07, 6.45) is 0.889. The van der Waals surface area contributed by atoms with E-state index < -0.39 is 38.3 Å². The molecule has 1 N–H and O–H groups in total. The van der Waals surface area contributed by atoms with Gasteiger partial charge in [-0.05, 0) is 30.3 Å². The van der Waals surface area contributed by atoms with Crippen LogP contribution in [0.2, 0.25) is 0 Å². The highest BCUT2D eigenvalue weighted by atomic mass is 32.2. The third-order valence-electron chi connectivity index (χ3n) is 4.50. The van der Waals surface area contributed by atoms with Gasteiger partial charge in [0, 0.05) is 35.4 Å². The predicted octanol–water partition coefficient (Wildman–Crippen LogP) is 2.02.